The number of carbonyl (C=O) groups excluding carboxylic acids is 1. The highest BCUT2D eigenvalue weighted by atomic mass is 16.1. The summed E-state index contributed by atoms with van der Waals surface area (Å²) >= 11 is 0. The summed E-state index contributed by atoms with van der Waals surface area (Å²) in [5, 5.41) is 3.32. The molecule has 2 fully saturated rings. The maximum absolute atomic E-state index is 12.2. The molecule has 0 spiro atoms. The predicted molar refractivity (Wildman–Crippen MR) is 70.7 cm³/mol. The SMILES string of the molecule is C[C@@H]1CCC[C@H](C(=O)N[C@H]2CCCC[C@@H]2C)C1. The molecule has 0 aliphatic heterocycles. The first-order chi connectivity index (χ1) is 8.16. The smallest absolute Gasteiger partial charge is 0.223 e. The maximum Gasteiger partial charge on any atom is 0.223 e. The fraction of sp³-hybridized carbons (Fsp3) is 0.933. The second-order valence-electron chi connectivity index (χ2n) is 6.35. The number of hydrogen-bond donors (Lipinski definition) is 1. The molecule has 0 saturated heterocycles. The summed E-state index contributed by atoms with van der Waals surface area (Å²) in [6.07, 6.45) is 9.86. The first-order valence-corrected chi connectivity index (χ1v) is 7.47. The van der Waals surface area contributed by atoms with Crippen LogP contribution in [0.5, 0.6) is 0 Å². The molecule has 1 amide bonds. The molecule has 17 heavy (non-hydrogen) atoms. The molecule has 2 saturated carbocycles. The van der Waals surface area contributed by atoms with Crippen molar-refractivity contribution in [2.45, 2.75) is 71.3 Å². The van der Waals surface area contributed by atoms with E-state index in [4.69, 9.17) is 0 Å². The van der Waals surface area contributed by atoms with Crippen molar-refractivity contribution in [2.75, 3.05) is 0 Å². The summed E-state index contributed by atoms with van der Waals surface area (Å²) in [6, 6.07) is 0.452. The summed E-state index contributed by atoms with van der Waals surface area (Å²) in [5.41, 5.74) is 0. The lowest BCUT2D eigenvalue weighted by molar-refractivity contribution is -0.127. The number of carbonyl (C=O) groups is 1. The van der Waals surface area contributed by atoms with Gasteiger partial charge in [0.15, 0.2) is 0 Å². The summed E-state index contributed by atoms with van der Waals surface area (Å²) < 4.78 is 0. The average molecular weight is 237 g/mol. The molecule has 0 unspecified atom stereocenters. The first-order valence-electron chi connectivity index (χ1n) is 7.47. The monoisotopic (exact) mass is 237 g/mol. The Morgan fingerprint density at radius 2 is 1.76 bits per heavy atom. The molecule has 2 aliphatic rings. The zero-order valence-corrected chi connectivity index (χ0v) is 11.4. The van der Waals surface area contributed by atoms with Crippen molar-refractivity contribution in [1.82, 2.24) is 5.32 Å². The van der Waals surface area contributed by atoms with Gasteiger partial charge in [-0.05, 0) is 37.5 Å². The van der Waals surface area contributed by atoms with E-state index in [9.17, 15) is 4.79 Å². The molecule has 98 valence electrons. The summed E-state index contributed by atoms with van der Waals surface area (Å²) in [4.78, 5) is 12.2. The first kappa shape index (κ1) is 12.9. The lowest BCUT2D eigenvalue weighted by atomic mass is 9.81. The summed E-state index contributed by atoms with van der Waals surface area (Å²) in [6.45, 7) is 4.57. The molecular weight excluding hydrogens is 210 g/mol. The van der Waals surface area contributed by atoms with Gasteiger partial charge in [-0.3, -0.25) is 4.79 Å². The Balaban J connectivity index is 1.83. The van der Waals surface area contributed by atoms with Crippen molar-refractivity contribution >= 4 is 5.91 Å². The van der Waals surface area contributed by atoms with Crippen molar-refractivity contribution in [1.29, 1.82) is 0 Å². The van der Waals surface area contributed by atoms with Crippen molar-refractivity contribution in [3.05, 3.63) is 0 Å². The lowest BCUT2D eigenvalue weighted by Gasteiger charge is -2.32. The van der Waals surface area contributed by atoms with E-state index < -0.39 is 0 Å². The van der Waals surface area contributed by atoms with Crippen LogP contribution in [0.1, 0.15) is 65.2 Å². The van der Waals surface area contributed by atoms with E-state index in [0.717, 1.165) is 18.8 Å². The van der Waals surface area contributed by atoms with Crippen LogP contribution >= 0.6 is 0 Å². The molecule has 2 nitrogen and oxygen atoms in total. The fourth-order valence-corrected chi connectivity index (χ4v) is 3.50. The quantitative estimate of drug-likeness (QED) is 0.782. The Hall–Kier alpha value is -0.530. The topological polar surface area (TPSA) is 29.1 Å². The molecular formula is C15H27NO. The van der Waals surface area contributed by atoms with E-state index in [1.54, 1.807) is 0 Å². The van der Waals surface area contributed by atoms with Crippen LogP contribution < -0.4 is 5.32 Å². The zero-order valence-electron chi connectivity index (χ0n) is 11.4. The van der Waals surface area contributed by atoms with Gasteiger partial charge < -0.3 is 5.32 Å². The summed E-state index contributed by atoms with van der Waals surface area (Å²) in [7, 11) is 0. The predicted octanol–water partition coefficient (Wildman–Crippen LogP) is 3.51. The van der Waals surface area contributed by atoms with Crippen LogP contribution in [0, 0.1) is 17.8 Å². The fourth-order valence-electron chi connectivity index (χ4n) is 3.50. The van der Waals surface area contributed by atoms with Crippen LogP contribution in [-0.2, 0) is 4.79 Å². The minimum absolute atomic E-state index is 0.299. The van der Waals surface area contributed by atoms with Crippen LogP contribution in [0.3, 0.4) is 0 Å². The number of hydrogen-bond acceptors (Lipinski definition) is 1. The normalized spacial score (nSPS) is 38.7. The highest BCUT2D eigenvalue weighted by molar-refractivity contribution is 5.79. The third-order valence-electron chi connectivity index (χ3n) is 4.75. The number of rotatable bonds is 2. The highest BCUT2D eigenvalue weighted by Crippen LogP contribution is 2.30. The molecule has 0 radical (unpaired) electrons. The minimum atomic E-state index is 0.299. The molecule has 0 aromatic heterocycles. The van der Waals surface area contributed by atoms with E-state index in [-0.39, 0.29) is 0 Å². The third kappa shape index (κ3) is 3.46. The van der Waals surface area contributed by atoms with E-state index in [1.807, 2.05) is 0 Å². The van der Waals surface area contributed by atoms with Gasteiger partial charge in [-0.2, -0.15) is 0 Å². The Bertz CT molecular complexity index is 264. The van der Waals surface area contributed by atoms with Crippen LogP contribution in [0.15, 0.2) is 0 Å². The Labute approximate surface area is 106 Å². The van der Waals surface area contributed by atoms with Crippen molar-refractivity contribution in [3.63, 3.8) is 0 Å². The van der Waals surface area contributed by atoms with Gasteiger partial charge in [0.2, 0.25) is 5.91 Å². The summed E-state index contributed by atoms with van der Waals surface area (Å²) in [5.74, 6) is 2.06. The van der Waals surface area contributed by atoms with Crippen LogP contribution in [0.25, 0.3) is 0 Å². The molecule has 0 heterocycles. The Kier molecular flexibility index (Phi) is 4.47. The second-order valence-corrected chi connectivity index (χ2v) is 6.35. The highest BCUT2D eigenvalue weighted by Gasteiger charge is 2.28. The molecule has 0 bridgehead atoms. The largest absolute Gasteiger partial charge is 0.353 e. The molecule has 0 aromatic carbocycles. The molecule has 2 heteroatoms. The molecule has 0 aromatic rings. The van der Waals surface area contributed by atoms with E-state index >= 15 is 0 Å². The van der Waals surface area contributed by atoms with Gasteiger partial charge in [0.1, 0.15) is 0 Å². The van der Waals surface area contributed by atoms with Gasteiger partial charge in [0.05, 0.1) is 0 Å². The zero-order chi connectivity index (χ0) is 12.3. The minimum Gasteiger partial charge on any atom is -0.353 e. The van der Waals surface area contributed by atoms with Gasteiger partial charge in [-0.25, -0.2) is 0 Å². The van der Waals surface area contributed by atoms with Crippen LogP contribution in [0.4, 0.5) is 0 Å². The molecule has 4 atom stereocenters. The number of amides is 1. The molecule has 2 aliphatic carbocycles. The van der Waals surface area contributed by atoms with Gasteiger partial charge in [0, 0.05) is 12.0 Å². The molecule has 2 rings (SSSR count). The van der Waals surface area contributed by atoms with Crippen LogP contribution in [0.2, 0.25) is 0 Å². The number of nitrogens with one attached hydrogen (secondary N) is 1. The van der Waals surface area contributed by atoms with Crippen molar-refractivity contribution in [2.24, 2.45) is 17.8 Å². The van der Waals surface area contributed by atoms with Gasteiger partial charge in [0.25, 0.3) is 0 Å². The second kappa shape index (κ2) is 5.88. The average Bonchev–Trinajstić information content (AvgIpc) is 2.32. The Morgan fingerprint density at radius 3 is 2.47 bits per heavy atom. The van der Waals surface area contributed by atoms with E-state index in [2.05, 4.69) is 19.2 Å². The van der Waals surface area contributed by atoms with E-state index in [0.29, 0.717) is 23.8 Å². The van der Waals surface area contributed by atoms with Crippen molar-refractivity contribution < 1.29 is 4.79 Å². The molecule has 1 N–H and O–H groups in total. The standard InChI is InChI=1S/C15H27NO/c1-11-6-5-8-13(10-11)15(17)16-14-9-4-3-7-12(14)2/h11-14H,3-10H2,1-2H3,(H,16,17)/t11-,12+,13+,14+/m1/s1. The maximum atomic E-state index is 12.2. The van der Waals surface area contributed by atoms with Crippen molar-refractivity contribution in [3.8, 4) is 0 Å². The van der Waals surface area contributed by atoms with Gasteiger partial charge >= 0.3 is 0 Å². The lowest BCUT2D eigenvalue weighted by Crippen LogP contribution is -2.44. The van der Waals surface area contributed by atoms with Gasteiger partial charge in [-0.15, -0.1) is 0 Å². The van der Waals surface area contributed by atoms with E-state index in [1.165, 1.54) is 38.5 Å². The van der Waals surface area contributed by atoms with Gasteiger partial charge in [-0.1, -0.05) is 39.5 Å². The third-order valence-corrected chi connectivity index (χ3v) is 4.75. The Morgan fingerprint density at radius 1 is 1.00 bits per heavy atom. The van der Waals surface area contributed by atoms with Crippen LogP contribution in [-0.4, -0.2) is 11.9 Å².